The highest BCUT2D eigenvalue weighted by molar-refractivity contribution is 7.15. The van der Waals surface area contributed by atoms with E-state index in [-0.39, 0.29) is 17.7 Å². The molecule has 2 amide bonds. The summed E-state index contributed by atoms with van der Waals surface area (Å²) in [5, 5.41) is 6.33. The predicted octanol–water partition coefficient (Wildman–Crippen LogP) is 4.03. The number of benzene rings is 1. The molecule has 0 aliphatic heterocycles. The minimum absolute atomic E-state index is 0.0564. The van der Waals surface area contributed by atoms with Gasteiger partial charge in [0.15, 0.2) is 5.13 Å². The largest absolute Gasteiger partial charge is 0.467 e. The molecule has 144 valence electrons. The number of aromatic nitrogens is 1. The van der Waals surface area contributed by atoms with Crippen molar-refractivity contribution in [3.63, 3.8) is 0 Å². The van der Waals surface area contributed by atoms with E-state index in [9.17, 15) is 9.59 Å². The number of carbonyl (C=O) groups excluding carboxylic acids is 2. The third kappa shape index (κ3) is 3.99. The van der Waals surface area contributed by atoms with Gasteiger partial charge in [0.2, 0.25) is 5.91 Å². The average molecular weight is 395 g/mol. The zero-order chi connectivity index (χ0) is 19.5. The van der Waals surface area contributed by atoms with Crippen LogP contribution in [0.4, 0.5) is 5.13 Å². The predicted molar refractivity (Wildman–Crippen MR) is 107 cm³/mol. The van der Waals surface area contributed by atoms with Crippen LogP contribution in [-0.2, 0) is 17.8 Å². The van der Waals surface area contributed by atoms with Crippen molar-refractivity contribution in [3.8, 4) is 0 Å². The molecule has 0 saturated heterocycles. The Balaban J connectivity index is 1.46. The number of fused-ring (bicyclic) bond motifs is 1. The molecule has 1 unspecified atom stereocenters. The molecular formula is C21H21N3O3S. The topological polar surface area (TPSA) is 84.2 Å². The fourth-order valence-electron chi connectivity index (χ4n) is 3.31. The lowest BCUT2D eigenvalue weighted by Gasteiger charge is -2.20. The van der Waals surface area contributed by atoms with Crippen LogP contribution in [0.1, 0.15) is 51.0 Å². The molecule has 1 atom stereocenters. The van der Waals surface area contributed by atoms with Crippen molar-refractivity contribution in [1.82, 2.24) is 10.3 Å². The Morgan fingerprint density at radius 3 is 2.82 bits per heavy atom. The second-order valence-electron chi connectivity index (χ2n) is 6.89. The molecule has 3 aromatic rings. The molecule has 4 rings (SSSR count). The van der Waals surface area contributed by atoms with Gasteiger partial charge < -0.3 is 9.73 Å². The summed E-state index contributed by atoms with van der Waals surface area (Å²) < 4.78 is 5.26. The number of nitrogens with zero attached hydrogens (tertiary/aromatic N) is 1. The van der Waals surface area contributed by atoms with E-state index in [1.807, 2.05) is 25.1 Å². The van der Waals surface area contributed by atoms with Gasteiger partial charge in [0.05, 0.1) is 24.4 Å². The van der Waals surface area contributed by atoms with E-state index < -0.39 is 0 Å². The molecule has 2 heterocycles. The number of hydrogen-bond donors (Lipinski definition) is 2. The lowest BCUT2D eigenvalue weighted by atomic mass is 9.90. The molecule has 28 heavy (non-hydrogen) atoms. The van der Waals surface area contributed by atoms with Crippen molar-refractivity contribution in [1.29, 1.82) is 0 Å². The number of furan rings is 1. The van der Waals surface area contributed by atoms with Gasteiger partial charge in [0.1, 0.15) is 5.76 Å². The van der Waals surface area contributed by atoms with Crippen LogP contribution in [0.3, 0.4) is 0 Å². The van der Waals surface area contributed by atoms with Gasteiger partial charge in [-0.1, -0.05) is 17.7 Å². The summed E-state index contributed by atoms with van der Waals surface area (Å²) in [4.78, 5) is 30.8. The molecule has 0 bridgehead atoms. The Hall–Kier alpha value is -2.93. The molecule has 1 aromatic carbocycles. The molecule has 1 aliphatic rings. The average Bonchev–Trinajstić information content (AvgIpc) is 3.35. The number of rotatable bonds is 5. The lowest BCUT2D eigenvalue weighted by molar-refractivity contribution is -0.123. The van der Waals surface area contributed by atoms with Crippen molar-refractivity contribution in [2.75, 3.05) is 5.32 Å². The van der Waals surface area contributed by atoms with Gasteiger partial charge >= 0.3 is 0 Å². The number of nitrogens with one attached hydrogen (secondary N) is 2. The summed E-state index contributed by atoms with van der Waals surface area (Å²) in [7, 11) is 0. The quantitative estimate of drug-likeness (QED) is 0.683. The monoisotopic (exact) mass is 395 g/mol. The molecule has 2 N–H and O–H groups in total. The van der Waals surface area contributed by atoms with Gasteiger partial charge in [-0.25, -0.2) is 4.98 Å². The van der Waals surface area contributed by atoms with Gasteiger partial charge in [-0.2, -0.15) is 0 Å². The van der Waals surface area contributed by atoms with E-state index in [0.717, 1.165) is 35.4 Å². The van der Waals surface area contributed by atoms with Crippen LogP contribution in [0.25, 0.3) is 0 Å². The molecule has 1 aliphatic carbocycles. The maximum absolute atomic E-state index is 12.7. The first-order chi connectivity index (χ1) is 13.6. The van der Waals surface area contributed by atoms with Crippen LogP contribution >= 0.6 is 11.3 Å². The third-order valence-electron chi connectivity index (χ3n) is 4.82. The Bertz CT molecular complexity index is 977. The van der Waals surface area contributed by atoms with Crippen LogP contribution < -0.4 is 10.6 Å². The maximum Gasteiger partial charge on any atom is 0.257 e. The summed E-state index contributed by atoms with van der Waals surface area (Å²) >= 11 is 1.46. The zero-order valence-corrected chi connectivity index (χ0v) is 16.3. The summed E-state index contributed by atoms with van der Waals surface area (Å²) in [6.07, 6.45) is 4.16. The van der Waals surface area contributed by atoms with Crippen LogP contribution in [0.5, 0.6) is 0 Å². The van der Waals surface area contributed by atoms with Gasteiger partial charge in [-0.3, -0.25) is 14.9 Å². The molecule has 0 fully saturated rings. The van der Waals surface area contributed by atoms with Gasteiger partial charge in [-0.05, 0) is 50.5 Å². The first kappa shape index (κ1) is 18.4. The van der Waals surface area contributed by atoms with Crippen LogP contribution in [0.15, 0.2) is 47.1 Å². The summed E-state index contributed by atoms with van der Waals surface area (Å²) in [6.45, 7) is 2.34. The molecular weight excluding hydrogens is 374 g/mol. The first-order valence-electron chi connectivity index (χ1n) is 9.28. The SMILES string of the molecule is Cc1ccc(C(=O)Nc2nc3c(s2)CCCC3C(=O)NCc2ccco2)cc1. The highest BCUT2D eigenvalue weighted by atomic mass is 32.1. The number of carbonyl (C=O) groups is 2. The minimum Gasteiger partial charge on any atom is -0.467 e. The normalized spacial score (nSPS) is 15.7. The van der Waals surface area contributed by atoms with Gasteiger partial charge in [-0.15, -0.1) is 11.3 Å². The minimum atomic E-state index is -0.292. The Labute approximate surface area is 167 Å². The van der Waals surface area contributed by atoms with Crippen LogP contribution in [0.2, 0.25) is 0 Å². The second kappa shape index (κ2) is 7.98. The summed E-state index contributed by atoms with van der Waals surface area (Å²) in [5.74, 6) is 0.178. The van der Waals surface area contributed by atoms with Crippen molar-refractivity contribution in [2.24, 2.45) is 0 Å². The summed E-state index contributed by atoms with van der Waals surface area (Å²) in [6, 6.07) is 11.0. The van der Waals surface area contributed by atoms with Gasteiger partial charge in [0, 0.05) is 10.4 Å². The van der Waals surface area contributed by atoms with Crippen molar-refractivity contribution < 1.29 is 14.0 Å². The Kier molecular flexibility index (Phi) is 5.25. The van der Waals surface area contributed by atoms with E-state index in [2.05, 4.69) is 15.6 Å². The van der Waals surface area contributed by atoms with Crippen LogP contribution in [-0.4, -0.2) is 16.8 Å². The zero-order valence-electron chi connectivity index (χ0n) is 15.5. The standard InChI is InChI=1S/C21H21N3O3S/c1-13-7-9-14(10-8-13)19(25)24-21-23-18-16(5-2-6-17(18)28-21)20(26)22-12-15-4-3-11-27-15/h3-4,7-11,16H,2,5-6,12H2,1H3,(H,22,26)(H,23,24,25). The molecule has 0 saturated carbocycles. The van der Waals surface area contributed by atoms with Crippen molar-refractivity contribution in [3.05, 3.63) is 70.1 Å². The fourth-order valence-corrected chi connectivity index (χ4v) is 4.37. The van der Waals surface area contributed by atoms with Crippen LogP contribution in [0, 0.1) is 6.92 Å². The maximum atomic E-state index is 12.7. The number of amides is 2. The highest BCUT2D eigenvalue weighted by Gasteiger charge is 2.30. The molecule has 6 nitrogen and oxygen atoms in total. The number of thiazole rings is 1. The molecule has 7 heteroatoms. The number of hydrogen-bond acceptors (Lipinski definition) is 5. The van der Waals surface area contributed by atoms with E-state index in [1.165, 1.54) is 11.3 Å². The summed E-state index contributed by atoms with van der Waals surface area (Å²) in [5.41, 5.74) is 2.48. The Morgan fingerprint density at radius 1 is 1.25 bits per heavy atom. The molecule has 2 aromatic heterocycles. The lowest BCUT2D eigenvalue weighted by Crippen LogP contribution is -2.30. The third-order valence-corrected chi connectivity index (χ3v) is 5.87. The van der Waals surface area contributed by atoms with E-state index in [4.69, 9.17) is 4.42 Å². The van der Waals surface area contributed by atoms with Crippen molar-refractivity contribution in [2.45, 2.75) is 38.6 Å². The van der Waals surface area contributed by atoms with E-state index in [1.54, 1.807) is 24.5 Å². The fraction of sp³-hybridized carbons (Fsp3) is 0.286. The second-order valence-corrected chi connectivity index (χ2v) is 7.97. The smallest absolute Gasteiger partial charge is 0.257 e. The number of aryl methyl sites for hydroxylation is 2. The number of anilines is 1. The highest BCUT2D eigenvalue weighted by Crippen LogP contribution is 2.37. The van der Waals surface area contributed by atoms with E-state index >= 15 is 0 Å². The molecule has 0 radical (unpaired) electrons. The Morgan fingerprint density at radius 2 is 2.07 bits per heavy atom. The first-order valence-corrected chi connectivity index (χ1v) is 10.1. The van der Waals surface area contributed by atoms with Crippen molar-refractivity contribution >= 4 is 28.3 Å². The molecule has 0 spiro atoms. The van der Waals surface area contributed by atoms with Gasteiger partial charge in [0.25, 0.3) is 5.91 Å². The van der Waals surface area contributed by atoms with E-state index in [0.29, 0.717) is 23.0 Å².